The van der Waals surface area contributed by atoms with Gasteiger partial charge in [0, 0.05) is 24.3 Å². The Labute approximate surface area is 157 Å². The number of benzene rings is 2. The highest BCUT2D eigenvalue weighted by molar-refractivity contribution is 5.99. The van der Waals surface area contributed by atoms with E-state index in [1.807, 2.05) is 30.3 Å². The fourth-order valence-electron chi connectivity index (χ4n) is 3.03. The number of para-hydroxylation sites is 1. The maximum atomic E-state index is 12.3. The molecule has 6 heteroatoms. The molecule has 27 heavy (non-hydrogen) atoms. The second kappa shape index (κ2) is 8.31. The molecule has 3 rings (SSSR count). The summed E-state index contributed by atoms with van der Waals surface area (Å²) >= 11 is 0. The van der Waals surface area contributed by atoms with Crippen molar-refractivity contribution in [3.63, 3.8) is 0 Å². The minimum Gasteiger partial charge on any atom is -0.351 e. The molecule has 3 amide bonds. The van der Waals surface area contributed by atoms with E-state index in [9.17, 15) is 14.4 Å². The van der Waals surface area contributed by atoms with Gasteiger partial charge < -0.3 is 15.5 Å². The van der Waals surface area contributed by atoms with E-state index in [1.165, 1.54) is 6.08 Å². The molecule has 0 aliphatic carbocycles. The number of carbonyl (C=O) groups excluding carboxylic acids is 3. The van der Waals surface area contributed by atoms with Gasteiger partial charge in [0.2, 0.25) is 17.7 Å². The molecule has 1 saturated heterocycles. The standard InChI is InChI=1S/C21H21N3O3/c1-2-19(25)22-16-10-8-15(9-11-16)12-20(26)23-17-13-21(27)24(14-17)18-6-4-3-5-7-18/h2-11,17H,1,12-14H2,(H,22,25)(H,23,26). The van der Waals surface area contributed by atoms with Gasteiger partial charge in [0.05, 0.1) is 12.5 Å². The highest BCUT2D eigenvalue weighted by atomic mass is 16.2. The fourth-order valence-corrected chi connectivity index (χ4v) is 3.03. The first-order valence-corrected chi connectivity index (χ1v) is 8.72. The van der Waals surface area contributed by atoms with E-state index >= 15 is 0 Å². The van der Waals surface area contributed by atoms with Gasteiger partial charge in [-0.15, -0.1) is 0 Å². The van der Waals surface area contributed by atoms with E-state index in [2.05, 4.69) is 17.2 Å². The van der Waals surface area contributed by atoms with Gasteiger partial charge in [0.25, 0.3) is 0 Å². The Bertz CT molecular complexity index is 847. The minimum absolute atomic E-state index is 0.00816. The van der Waals surface area contributed by atoms with Crippen LogP contribution in [0.1, 0.15) is 12.0 Å². The molecule has 1 aliphatic rings. The van der Waals surface area contributed by atoms with Crippen LogP contribution in [0.25, 0.3) is 0 Å². The van der Waals surface area contributed by atoms with Crippen LogP contribution >= 0.6 is 0 Å². The van der Waals surface area contributed by atoms with Crippen LogP contribution in [0.4, 0.5) is 11.4 Å². The average Bonchev–Trinajstić information content (AvgIpc) is 3.03. The Hall–Kier alpha value is -3.41. The minimum atomic E-state index is -0.283. The van der Waals surface area contributed by atoms with Crippen molar-refractivity contribution in [1.29, 1.82) is 0 Å². The molecule has 0 saturated carbocycles. The maximum absolute atomic E-state index is 12.3. The Morgan fingerprint density at radius 1 is 1.11 bits per heavy atom. The summed E-state index contributed by atoms with van der Waals surface area (Å²) in [6.45, 7) is 3.87. The van der Waals surface area contributed by atoms with Crippen molar-refractivity contribution in [3.8, 4) is 0 Å². The molecule has 1 atom stereocenters. The van der Waals surface area contributed by atoms with Crippen LogP contribution < -0.4 is 15.5 Å². The van der Waals surface area contributed by atoms with Gasteiger partial charge in [-0.05, 0) is 35.9 Å². The Morgan fingerprint density at radius 3 is 2.48 bits per heavy atom. The smallest absolute Gasteiger partial charge is 0.247 e. The van der Waals surface area contributed by atoms with Gasteiger partial charge in [0.15, 0.2) is 0 Å². The quantitative estimate of drug-likeness (QED) is 0.773. The zero-order valence-electron chi connectivity index (χ0n) is 14.9. The molecule has 1 fully saturated rings. The molecule has 2 aromatic rings. The molecule has 1 heterocycles. The summed E-state index contributed by atoms with van der Waals surface area (Å²) < 4.78 is 0. The zero-order valence-corrected chi connectivity index (χ0v) is 14.9. The van der Waals surface area contributed by atoms with Crippen molar-refractivity contribution in [2.45, 2.75) is 18.9 Å². The highest BCUT2D eigenvalue weighted by Crippen LogP contribution is 2.21. The normalized spacial score (nSPS) is 16.1. The monoisotopic (exact) mass is 363 g/mol. The fraction of sp³-hybridized carbons (Fsp3) is 0.190. The van der Waals surface area contributed by atoms with Crippen molar-refractivity contribution in [3.05, 3.63) is 72.8 Å². The predicted molar refractivity (Wildman–Crippen MR) is 104 cm³/mol. The molecule has 6 nitrogen and oxygen atoms in total. The van der Waals surface area contributed by atoms with E-state index < -0.39 is 0 Å². The lowest BCUT2D eigenvalue weighted by atomic mass is 10.1. The van der Waals surface area contributed by atoms with Crippen LogP contribution in [0, 0.1) is 0 Å². The number of amides is 3. The molecule has 0 radical (unpaired) electrons. The molecule has 2 N–H and O–H groups in total. The second-order valence-corrected chi connectivity index (χ2v) is 6.38. The van der Waals surface area contributed by atoms with Gasteiger partial charge in [-0.3, -0.25) is 14.4 Å². The highest BCUT2D eigenvalue weighted by Gasteiger charge is 2.31. The van der Waals surface area contributed by atoms with Crippen LogP contribution in [0.15, 0.2) is 67.3 Å². The first-order chi connectivity index (χ1) is 13.0. The molecular weight excluding hydrogens is 342 g/mol. The van der Waals surface area contributed by atoms with Gasteiger partial charge >= 0.3 is 0 Å². The Morgan fingerprint density at radius 2 is 1.81 bits per heavy atom. The van der Waals surface area contributed by atoms with Crippen molar-refractivity contribution < 1.29 is 14.4 Å². The summed E-state index contributed by atoms with van der Waals surface area (Å²) in [6.07, 6.45) is 1.71. The number of nitrogens with zero attached hydrogens (tertiary/aromatic N) is 1. The van der Waals surface area contributed by atoms with Crippen LogP contribution in [0.5, 0.6) is 0 Å². The first-order valence-electron chi connectivity index (χ1n) is 8.72. The lowest BCUT2D eigenvalue weighted by Crippen LogP contribution is -2.38. The third kappa shape index (κ3) is 4.82. The average molecular weight is 363 g/mol. The van der Waals surface area contributed by atoms with E-state index in [0.29, 0.717) is 18.7 Å². The predicted octanol–water partition coefficient (Wildman–Crippen LogP) is 2.28. The third-order valence-electron chi connectivity index (χ3n) is 4.33. The summed E-state index contributed by atoms with van der Waals surface area (Å²) in [7, 11) is 0. The van der Waals surface area contributed by atoms with Crippen LogP contribution in [-0.4, -0.2) is 30.3 Å². The summed E-state index contributed by atoms with van der Waals surface area (Å²) in [4.78, 5) is 37.5. The number of rotatable bonds is 6. The van der Waals surface area contributed by atoms with E-state index in [4.69, 9.17) is 0 Å². The number of anilines is 2. The van der Waals surface area contributed by atoms with Crippen molar-refractivity contribution in [1.82, 2.24) is 5.32 Å². The molecular formula is C21H21N3O3. The van der Waals surface area contributed by atoms with Crippen molar-refractivity contribution in [2.75, 3.05) is 16.8 Å². The lowest BCUT2D eigenvalue weighted by molar-refractivity contribution is -0.121. The summed E-state index contributed by atoms with van der Waals surface area (Å²) in [5.41, 5.74) is 2.31. The van der Waals surface area contributed by atoms with Crippen LogP contribution in [0.2, 0.25) is 0 Å². The van der Waals surface area contributed by atoms with Crippen molar-refractivity contribution in [2.24, 2.45) is 0 Å². The molecule has 138 valence electrons. The molecule has 1 aliphatic heterocycles. The Kier molecular flexibility index (Phi) is 5.66. The summed E-state index contributed by atoms with van der Waals surface area (Å²) in [5, 5.41) is 5.58. The lowest BCUT2D eigenvalue weighted by Gasteiger charge is -2.17. The molecule has 0 spiro atoms. The summed E-state index contributed by atoms with van der Waals surface area (Å²) in [6, 6.07) is 16.3. The van der Waals surface area contributed by atoms with E-state index in [-0.39, 0.29) is 30.2 Å². The van der Waals surface area contributed by atoms with Gasteiger partial charge in [-0.1, -0.05) is 36.9 Å². The topological polar surface area (TPSA) is 78.5 Å². The number of hydrogen-bond donors (Lipinski definition) is 2. The van der Waals surface area contributed by atoms with Crippen LogP contribution in [-0.2, 0) is 20.8 Å². The van der Waals surface area contributed by atoms with Gasteiger partial charge in [0.1, 0.15) is 0 Å². The van der Waals surface area contributed by atoms with Crippen LogP contribution in [0.3, 0.4) is 0 Å². The third-order valence-corrected chi connectivity index (χ3v) is 4.33. The van der Waals surface area contributed by atoms with Gasteiger partial charge in [-0.25, -0.2) is 0 Å². The van der Waals surface area contributed by atoms with Gasteiger partial charge in [-0.2, -0.15) is 0 Å². The number of nitrogens with one attached hydrogen (secondary N) is 2. The number of carbonyl (C=O) groups is 3. The van der Waals surface area contributed by atoms with E-state index in [0.717, 1.165) is 11.3 Å². The Balaban J connectivity index is 1.53. The van der Waals surface area contributed by atoms with E-state index in [1.54, 1.807) is 29.2 Å². The number of hydrogen-bond acceptors (Lipinski definition) is 3. The summed E-state index contributed by atoms with van der Waals surface area (Å²) in [5.74, 6) is -0.409. The molecule has 1 unspecified atom stereocenters. The first kappa shape index (κ1) is 18.4. The second-order valence-electron chi connectivity index (χ2n) is 6.38. The SMILES string of the molecule is C=CC(=O)Nc1ccc(CC(=O)NC2CC(=O)N(c3ccccc3)C2)cc1. The van der Waals surface area contributed by atoms with Crippen molar-refractivity contribution >= 4 is 29.1 Å². The zero-order chi connectivity index (χ0) is 19.2. The molecule has 2 aromatic carbocycles. The maximum Gasteiger partial charge on any atom is 0.247 e. The molecule has 0 bridgehead atoms. The molecule has 0 aromatic heterocycles. The largest absolute Gasteiger partial charge is 0.351 e.